The molecule has 2 heterocycles. The number of aryl methyl sites for hydroxylation is 1. The van der Waals surface area contributed by atoms with E-state index in [0.717, 1.165) is 16.5 Å². The average molecular weight is 458 g/mol. The van der Waals surface area contributed by atoms with Gasteiger partial charge >= 0.3 is 5.97 Å². The molecule has 0 spiro atoms. The Morgan fingerprint density at radius 3 is 2.73 bits per heavy atom. The minimum absolute atomic E-state index is 0.311. The topological polar surface area (TPSA) is 64.1 Å². The Morgan fingerprint density at radius 1 is 1.13 bits per heavy atom. The summed E-state index contributed by atoms with van der Waals surface area (Å²) in [6.45, 7) is 2.17. The van der Waals surface area contributed by atoms with Gasteiger partial charge in [0.2, 0.25) is 0 Å². The minimum Gasteiger partial charge on any atom is -0.461 e. The number of nitrogens with zero attached hydrogens (tertiary/aromatic N) is 2. The molecule has 4 rings (SSSR count). The van der Waals surface area contributed by atoms with Gasteiger partial charge in [0.05, 0.1) is 22.7 Å². The van der Waals surface area contributed by atoms with Crippen LogP contribution in [0.15, 0.2) is 54.9 Å². The number of anilines is 2. The Kier molecular flexibility index (Phi) is 6.18. The summed E-state index contributed by atoms with van der Waals surface area (Å²) in [7, 11) is 0. The Balaban J connectivity index is 1.57. The van der Waals surface area contributed by atoms with Crippen molar-refractivity contribution < 1.29 is 9.53 Å². The van der Waals surface area contributed by atoms with Gasteiger partial charge in [0.15, 0.2) is 0 Å². The highest BCUT2D eigenvalue weighted by molar-refractivity contribution is 7.20. The standard InChI is InChI=1S/C22H17Cl2N3O2S/c1-13-18-20(27-17-11-15(23)7-8-16(17)24)25-12-26-21(18)30-19(13)22(28)29-10-9-14-5-3-2-4-6-14/h2-8,11-12H,9-10H2,1H3,(H,25,26,27). The van der Waals surface area contributed by atoms with Gasteiger partial charge in [-0.3, -0.25) is 0 Å². The van der Waals surface area contributed by atoms with E-state index in [-0.39, 0.29) is 5.97 Å². The van der Waals surface area contributed by atoms with Crippen LogP contribution in [0.5, 0.6) is 0 Å². The monoisotopic (exact) mass is 457 g/mol. The van der Waals surface area contributed by atoms with Crippen LogP contribution in [0.25, 0.3) is 10.2 Å². The van der Waals surface area contributed by atoms with Crippen LogP contribution in [0.3, 0.4) is 0 Å². The summed E-state index contributed by atoms with van der Waals surface area (Å²) in [6, 6.07) is 15.0. The number of hydrogen-bond donors (Lipinski definition) is 1. The van der Waals surface area contributed by atoms with Crippen LogP contribution in [0.2, 0.25) is 10.0 Å². The normalized spacial score (nSPS) is 10.9. The number of nitrogens with one attached hydrogen (secondary N) is 1. The number of ether oxygens (including phenoxy) is 1. The zero-order valence-electron chi connectivity index (χ0n) is 16.0. The number of rotatable bonds is 6. The van der Waals surface area contributed by atoms with Crippen LogP contribution in [0, 0.1) is 6.92 Å². The first kappa shape index (κ1) is 20.6. The Morgan fingerprint density at radius 2 is 1.93 bits per heavy atom. The molecule has 0 bridgehead atoms. The fraction of sp³-hybridized carbons (Fsp3) is 0.136. The van der Waals surface area contributed by atoms with Gasteiger partial charge in [-0.1, -0.05) is 53.5 Å². The van der Waals surface area contributed by atoms with Crippen molar-refractivity contribution in [2.75, 3.05) is 11.9 Å². The van der Waals surface area contributed by atoms with Gasteiger partial charge in [-0.15, -0.1) is 11.3 Å². The molecule has 0 amide bonds. The molecule has 0 saturated carbocycles. The largest absolute Gasteiger partial charge is 0.461 e. The summed E-state index contributed by atoms with van der Waals surface area (Å²) in [6.07, 6.45) is 2.11. The van der Waals surface area contributed by atoms with Gasteiger partial charge in [0.1, 0.15) is 21.9 Å². The van der Waals surface area contributed by atoms with E-state index in [2.05, 4.69) is 15.3 Å². The van der Waals surface area contributed by atoms with E-state index < -0.39 is 0 Å². The van der Waals surface area contributed by atoms with Crippen LogP contribution >= 0.6 is 34.5 Å². The highest BCUT2D eigenvalue weighted by atomic mass is 35.5. The lowest BCUT2D eigenvalue weighted by Crippen LogP contribution is -2.07. The van der Waals surface area contributed by atoms with Gasteiger partial charge in [-0.2, -0.15) is 0 Å². The third kappa shape index (κ3) is 4.41. The summed E-state index contributed by atoms with van der Waals surface area (Å²) < 4.78 is 5.50. The molecular formula is C22H17Cl2N3O2S. The fourth-order valence-corrected chi connectivity index (χ4v) is 4.43. The maximum Gasteiger partial charge on any atom is 0.348 e. The maximum absolute atomic E-state index is 12.7. The number of esters is 1. The molecule has 5 nitrogen and oxygen atoms in total. The second-order valence-electron chi connectivity index (χ2n) is 6.58. The van der Waals surface area contributed by atoms with Crippen molar-refractivity contribution >= 4 is 62.2 Å². The van der Waals surface area contributed by atoms with Crippen molar-refractivity contribution in [3.8, 4) is 0 Å². The summed E-state index contributed by atoms with van der Waals surface area (Å²) in [5.41, 5.74) is 2.51. The molecule has 30 heavy (non-hydrogen) atoms. The average Bonchev–Trinajstić information content (AvgIpc) is 3.09. The summed E-state index contributed by atoms with van der Waals surface area (Å²) >= 11 is 13.6. The van der Waals surface area contributed by atoms with Crippen molar-refractivity contribution in [3.63, 3.8) is 0 Å². The molecule has 0 radical (unpaired) electrons. The summed E-state index contributed by atoms with van der Waals surface area (Å²) in [5, 5.41) is 5.02. The third-order valence-corrected chi connectivity index (χ3v) is 6.30. The van der Waals surface area contributed by atoms with E-state index in [1.165, 1.54) is 17.7 Å². The second-order valence-corrected chi connectivity index (χ2v) is 8.42. The number of benzene rings is 2. The first-order valence-electron chi connectivity index (χ1n) is 9.20. The Labute approximate surface area is 187 Å². The van der Waals surface area contributed by atoms with E-state index in [9.17, 15) is 4.79 Å². The quantitative estimate of drug-likeness (QED) is 0.337. The highest BCUT2D eigenvalue weighted by Gasteiger charge is 2.21. The van der Waals surface area contributed by atoms with E-state index in [4.69, 9.17) is 27.9 Å². The predicted octanol–water partition coefficient (Wildman–Crippen LogP) is 6.45. The number of halogens is 2. The van der Waals surface area contributed by atoms with Gasteiger partial charge in [0, 0.05) is 11.4 Å². The van der Waals surface area contributed by atoms with E-state index >= 15 is 0 Å². The first-order chi connectivity index (χ1) is 14.5. The molecule has 0 aliphatic heterocycles. The molecule has 0 saturated heterocycles. The van der Waals surface area contributed by atoms with Gasteiger partial charge < -0.3 is 10.1 Å². The molecule has 0 fully saturated rings. The summed E-state index contributed by atoms with van der Waals surface area (Å²) in [4.78, 5) is 22.5. The number of carbonyl (C=O) groups excluding carboxylic acids is 1. The van der Waals surface area contributed by atoms with Crippen molar-refractivity contribution in [2.24, 2.45) is 0 Å². The molecular weight excluding hydrogens is 441 g/mol. The van der Waals surface area contributed by atoms with Gasteiger partial charge in [-0.25, -0.2) is 14.8 Å². The summed E-state index contributed by atoms with van der Waals surface area (Å²) in [5.74, 6) is 0.194. The second kappa shape index (κ2) is 9.00. The van der Waals surface area contributed by atoms with Gasteiger partial charge in [-0.05, 0) is 36.2 Å². The molecule has 0 atom stereocenters. The lowest BCUT2D eigenvalue weighted by molar-refractivity contribution is 0.0514. The molecule has 0 aliphatic rings. The molecule has 2 aromatic carbocycles. The molecule has 0 aliphatic carbocycles. The molecule has 1 N–H and O–H groups in total. The predicted molar refractivity (Wildman–Crippen MR) is 122 cm³/mol. The molecule has 152 valence electrons. The third-order valence-electron chi connectivity index (χ3n) is 4.56. The number of fused-ring (bicyclic) bond motifs is 1. The zero-order chi connectivity index (χ0) is 21.1. The Bertz CT molecular complexity index is 1210. The molecule has 0 unspecified atom stereocenters. The smallest absolute Gasteiger partial charge is 0.348 e. The van der Waals surface area contributed by atoms with Crippen LogP contribution in [0.1, 0.15) is 20.8 Å². The molecule has 4 aromatic rings. The van der Waals surface area contributed by atoms with Crippen molar-refractivity contribution in [3.05, 3.63) is 80.9 Å². The van der Waals surface area contributed by atoms with Crippen LogP contribution < -0.4 is 5.32 Å². The van der Waals surface area contributed by atoms with Gasteiger partial charge in [0.25, 0.3) is 0 Å². The SMILES string of the molecule is Cc1c(C(=O)OCCc2ccccc2)sc2ncnc(Nc3cc(Cl)ccc3Cl)c12. The van der Waals surface area contributed by atoms with E-state index in [0.29, 0.717) is 44.3 Å². The lowest BCUT2D eigenvalue weighted by atomic mass is 10.2. The molecule has 2 aromatic heterocycles. The number of hydrogen-bond acceptors (Lipinski definition) is 6. The minimum atomic E-state index is -0.363. The van der Waals surface area contributed by atoms with Crippen molar-refractivity contribution in [2.45, 2.75) is 13.3 Å². The fourth-order valence-electron chi connectivity index (χ4n) is 3.05. The van der Waals surface area contributed by atoms with Crippen molar-refractivity contribution in [1.29, 1.82) is 0 Å². The van der Waals surface area contributed by atoms with Crippen LogP contribution in [-0.4, -0.2) is 22.5 Å². The van der Waals surface area contributed by atoms with Crippen LogP contribution in [-0.2, 0) is 11.2 Å². The number of aromatic nitrogens is 2. The Hall–Kier alpha value is -2.67. The lowest BCUT2D eigenvalue weighted by Gasteiger charge is -2.09. The highest BCUT2D eigenvalue weighted by Crippen LogP contribution is 2.36. The van der Waals surface area contributed by atoms with Crippen molar-refractivity contribution in [1.82, 2.24) is 9.97 Å². The van der Waals surface area contributed by atoms with Crippen LogP contribution in [0.4, 0.5) is 11.5 Å². The first-order valence-corrected chi connectivity index (χ1v) is 10.8. The van der Waals surface area contributed by atoms with E-state index in [1.54, 1.807) is 18.2 Å². The van der Waals surface area contributed by atoms with E-state index in [1.807, 2.05) is 37.3 Å². The maximum atomic E-state index is 12.7. The number of carbonyl (C=O) groups is 1. The molecule has 8 heteroatoms. The zero-order valence-corrected chi connectivity index (χ0v) is 18.3. The number of thiophene rings is 1.